The van der Waals surface area contributed by atoms with E-state index in [1.54, 1.807) is 37.9 Å². The van der Waals surface area contributed by atoms with Gasteiger partial charge in [-0.15, -0.1) is 11.3 Å². The van der Waals surface area contributed by atoms with E-state index in [4.69, 9.17) is 0 Å². The Balaban J connectivity index is 1.49. The van der Waals surface area contributed by atoms with Gasteiger partial charge in [0.25, 0.3) is 0 Å². The summed E-state index contributed by atoms with van der Waals surface area (Å²) in [7, 11) is 0. The predicted octanol–water partition coefficient (Wildman–Crippen LogP) is 4.89. The molecule has 32 heavy (non-hydrogen) atoms. The molecule has 6 rings (SSSR count). The molecule has 6 heterocycles. The van der Waals surface area contributed by atoms with Gasteiger partial charge in [0.15, 0.2) is 11.4 Å². The number of carbonyl (C=O) groups is 1. The van der Waals surface area contributed by atoms with Crippen LogP contribution in [0.5, 0.6) is 0 Å². The smallest absolute Gasteiger partial charge is 0.181 e. The quantitative estimate of drug-likeness (QED) is 0.380. The van der Waals surface area contributed by atoms with E-state index >= 15 is 0 Å². The first-order chi connectivity index (χ1) is 15.7. The van der Waals surface area contributed by atoms with E-state index in [9.17, 15) is 4.79 Å². The largest absolute Gasteiger partial charge is 0.338 e. The molecule has 0 fully saturated rings. The Hall–Kier alpha value is -4.24. The molecule has 0 amide bonds. The molecule has 0 aliphatic rings. The van der Waals surface area contributed by atoms with Gasteiger partial charge < -0.3 is 4.98 Å². The summed E-state index contributed by atoms with van der Waals surface area (Å²) in [5, 5.41) is 9.30. The van der Waals surface area contributed by atoms with Gasteiger partial charge >= 0.3 is 0 Å². The van der Waals surface area contributed by atoms with Crippen molar-refractivity contribution in [3.05, 3.63) is 66.2 Å². The Kier molecular flexibility index (Phi) is 4.15. The number of nitrogens with one attached hydrogen (secondary N) is 2. The number of aromatic nitrogens is 7. The number of hydrogen-bond donors (Lipinski definition) is 2. The Morgan fingerprint density at radius 1 is 0.969 bits per heavy atom. The molecule has 8 nitrogen and oxygen atoms in total. The lowest BCUT2D eigenvalue weighted by atomic mass is 10.1. The number of ketones is 1. The lowest BCUT2D eigenvalue weighted by molar-refractivity contribution is 0.102. The second-order valence-corrected chi connectivity index (χ2v) is 8.39. The minimum atomic E-state index is 0.0663. The molecule has 9 heteroatoms. The molecule has 0 spiro atoms. The van der Waals surface area contributed by atoms with Crippen molar-refractivity contribution in [1.29, 1.82) is 0 Å². The highest BCUT2D eigenvalue weighted by atomic mass is 32.1. The zero-order valence-electron chi connectivity index (χ0n) is 16.8. The molecule has 6 aromatic rings. The van der Waals surface area contributed by atoms with Gasteiger partial charge in [-0.05, 0) is 37.3 Å². The maximum absolute atomic E-state index is 11.7. The van der Waals surface area contributed by atoms with Crippen molar-refractivity contribution in [3.63, 3.8) is 0 Å². The van der Waals surface area contributed by atoms with E-state index in [1.165, 1.54) is 11.3 Å². The minimum Gasteiger partial charge on any atom is -0.338 e. The van der Waals surface area contributed by atoms with Crippen molar-refractivity contribution in [2.75, 3.05) is 0 Å². The van der Waals surface area contributed by atoms with Crippen molar-refractivity contribution in [2.24, 2.45) is 0 Å². The fourth-order valence-electron chi connectivity index (χ4n) is 3.74. The third-order valence-corrected chi connectivity index (χ3v) is 6.51. The Morgan fingerprint density at radius 3 is 2.72 bits per heavy atom. The summed E-state index contributed by atoms with van der Waals surface area (Å²) in [6.45, 7) is 1.58. The number of rotatable bonds is 4. The van der Waals surface area contributed by atoms with E-state index in [2.05, 4.69) is 35.1 Å². The first-order valence-corrected chi connectivity index (χ1v) is 10.7. The number of Topliss-reactive ketones (excluding diaryl/α,β-unsaturated/α-hetero) is 1. The Morgan fingerprint density at radius 2 is 1.91 bits per heavy atom. The topological polar surface area (TPSA) is 113 Å². The summed E-state index contributed by atoms with van der Waals surface area (Å²) >= 11 is 1.48. The number of nitrogens with zero attached hydrogens (tertiary/aromatic N) is 5. The summed E-state index contributed by atoms with van der Waals surface area (Å²) in [5.74, 6) is 0.0663. The molecule has 154 valence electrons. The molecule has 0 saturated heterocycles. The SMILES string of the molecule is CC(=O)c1ccc(-c2ccnc3[nH]c(-c4[nH]nc5ncc(-c6cnccn6)cc45)cc23)s1. The molecular formula is C23H15N7OS. The van der Waals surface area contributed by atoms with Crippen LogP contribution in [0.4, 0.5) is 0 Å². The highest BCUT2D eigenvalue weighted by molar-refractivity contribution is 7.17. The molecule has 0 atom stereocenters. The molecule has 0 bridgehead atoms. The van der Waals surface area contributed by atoms with Crippen LogP contribution in [-0.2, 0) is 0 Å². The number of thiophene rings is 1. The van der Waals surface area contributed by atoms with Crippen molar-refractivity contribution >= 4 is 39.2 Å². The molecule has 6 aromatic heterocycles. The van der Waals surface area contributed by atoms with Crippen LogP contribution in [0.15, 0.2) is 61.3 Å². The highest BCUT2D eigenvalue weighted by Crippen LogP contribution is 2.36. The fourth-order valence-corrected chi connectivity index (χ4v) is 4.68. The zero-order valence-corrected chi connectivity index (χ0v) is 17.6. The first-order valence-electron chi connectivity index (χ1n) is 9.87. The monoisotopic (exact) mass is 437 g/mol. The third-order valence-electron chi connectivity index (χ3n) is 5.29. The zero-order chi connectivity index (χ0) is 21.7. The van der Waals surface area contributed by atoms with Crippen LogP contribution >= 0.6 is 11.3 Å². The van der Waals surface area contributed by atoms with E-state index in [-0.39, 0.29) is 5.78 Å². The van der Waals surface area contributed by atoms with Gasteiger partial charge in [-0.25, -0.2) is 9.97 Å². The summed E-state index contributed by atoms with van der Waals surface area (Å²) in [6.07, 6.45) is 8.51. The normalized spacial score (nSPS) is 11.4. The van der Waals surface area contributed by atoms with E-state index in [1.807, 2.05) is 30.3 Å². The maximum Gasteiger partial charge on any atom is 0.181 e. The number of aromatic amines is 2. The van der Waals surface area contributed by atoms with Gasteiger partial charge in [0.2, 0.25) is 0 Å². The van der Waals surface area contributed by atoms with Gasteiger partial charge in [-0.2, -0.15) is 5.10 Å². The molecule has 0 aliphatic heterocycles. The number of fused-ring (bicyclic) bond motifs is 2. The first kappa shape index (κ1) is 18.5. The van der Waals surface area contributed by atoms with Crippen molar-refractivity contribution in [2.45, 2.75) is 6.92 Å². The van der Waals surface area contributed by atoms with Crippen molar-refractivity contribution in [3.8, 4) is 33.1 Å². The molecule has 0 aromatic carbocycles. The van der Waals surface area contributed by atoms with Crippen molar-refractivity contribution in [1.82, 2.24) is 35.1 Å². The van der Waals surface area contributed by atoms with Gasteiger partial charge in [-0.1, -0.05) is 0 Å². The van der Waals surface area contributed by atoms with Gasteiger partial charge in [0, 0.05) is 51.6 Å². The number of H-pyrrole nitrogens is 2. The molecule has 0 aliphatic carbocycles. The second-order valence-electron chi connectivity index (χ2n) is 7.31. The van der Waals surface area contributed by atoms with Crippen LogP contribution < -0.4 is 0 Å². The second kappa shape index (κ2) is 7.17. The van der Waals surface area contributed by atoms with E-state index < -0.39 is 0 Å². The molecule has 2 N–H and O–H groups in total. The van der Waals surface area contributed by atoms with E-state index in [0.29, 0.717) is 5.65 Å². The summed E-state index contributed by atoms with van der Waals surface area (Å²) in [5.41, 5.74) is 5.67. The van der Waals surface area contributed by atoms with Crippen molar-refractivity contribution < 1.29 is 4.79 Å². The molecular weight excluding hydrogens is 422 g/mol. The third kappa shape index (κ3) is 2.98. The van der Waals surface area contributed by atoms with Crippen LogP contribution in [0.25, 0.3) is 55.2 Å². The van der Waals surface area contributed by atoms with Gasteiger partial charge in [-0.3, -0.25) is 19.9 Å². The summed E-state index contributed by atoms with van der Waals surface area (Å²) in [6, 6.07) is 9.86. The van der Waals surface area contributed by atoms with Crippen LogP contribution in [0.1, 0.15) is 16.6 Å². The van der Waals surface area contributed by atoms with Crippen LogP contribution in [0.3, 0.4) is 0 Å². The highest BCUT2D eigenvalue weighted by Gasteiger charge is 2.16. The van der Waals surface area contributed by atoms with Crippen LogP contribution in [-0.4, -0.2) is 40.9 Å². The summed E-state index contributed by atoms with van der Waals surface area (Å²) < 4.78 is 0. The van der Waals surface area contributed by atoms with E-state index in [0.717, 1.165) is 54.4 Å². The number of hydrogen-bond acceptors (Lipinski definition) is 7. The average Bonchev–Trinajstić information content (AvgIpc) is 3.56. The maximum atomic E-state index is 11.7. The average molecular weight is 437 g/mol. The van der Waals surface area contributed by atoms with Gasteiger partial charge in [0.1, 0.15) is 5.65 Å². The van der Waals surface area contributed by atoms with Crippen LogP contribution in [0.2, 0.25) is 0 Å². The fraction of sp³-hybridized carbons (Fsp3) is 0.0435. The standard InChI is InChI=1S/C23H15N7OS/c1-12(31)19-2-3-20(32-19)14-4-5-26-22-15(14)9-17(28-22)21-16-8-13(10-27-23(16)30-29-21)18-11-24-6-7-25-18/h2-11H,1H3,(H,26,28)(H,27,29,30). The lowest BCUT2D eigenvalue weighted by Gasteiger charge is -2.00. The predicted molar refractivity (Wildman–Crippen MR) is 123 cm³/mol. The lowest BCUT2D eigenvalue weighted by Crippen LogP contribution is -1.86. The summed E-state index contributed by atoms with van der Waals surface area (Å²) in [4.78, 5) is 34.4. The molecule has 0 saturated carbocycles. The number of carbonyl (C=O) groups excluding carboxylic acids is 1. The number of pyridine rings is 2. The Bertz CT molecular complexity index is 1610. The van der Waals surface area contributed by atoms with Gasteiger partial charge in [0.05, 0.1) is 28.2 Å². The molecule has 0 radical (unpaired) electrons. The molecule has 0 unspecified atom stereocenters. The van der Waals surface area contributed by atoms with Crippen LogP contribution in [0, 0.1) is 0 Å². The Labute approximate surface area is 185 Å². The minimum absolute atomic E-state index is 0.0663.